The Bertz CT molecular complexity index is 1020. The first kappa shape index (κ1) is 22.2. The van der Waals surface area contributed by atoms with Crippen LogP contribution >= 0.6 is 0 Å². The number of hydrogen-bond acceptors (Lipinski definition) is 7. The summed E-state index contributed by atoms with van der Waals surface area (Å²) in [7, 11) is -3.02. The number of guanidine groups is 1. The lowest BCUT2D eigenvalue weighted by molar-refractivity contribution is -0.121. The molecule has 1 heterocycles. The van der Waals surface area contributed by atoms with Crippen molar-refractivity contribution in [1.29, 1.82) is 0 Å². The van der Waals surface area contributed by atoms with Gasteiger partial charge in [0.1, 0.15) is 28.0 Å². The van der Waals surface area contributed by atoms with Crippen molar-refractivity contribution >= 4 is 27.9 Å². The average molecular weight is 440 g/mol. The molecule has 2 atom stereocenters. The molecule has 1 saturated carbocycles. The average Bonchev–Trinajstić information content (AvgIpc) is 2.64. The molecule has 1 aromatic carbocycles. The second-order valence-electron chi connectivity index (χ2n) is 8.41. The quantitative estimate of drug-likeness (QED) is 0.404. The zero-order valence-electron chi connectivity index (χ0n) is 17.3. The molecule has 1 fully saturated rings. The Balaban J connectivity index is 2.21. The number of Topliss-reactive ketones (excluding diaryl/α,β-unsaturated/α-hetero) is 1. The first-order valence-electron chi connectivity index (χ1n) is 9.42. The molecule has 0 spiro atoms. The summed E-state index contributed by atoms with van der Waals surface area (Å²) in [6.45, 7) is 4.89. The number of hydrogen-bond donors (Lipinski definition) is 1. The molecule has 1 aromatic rings. The number of nitrogens with zero attached hydrogens (tertiary/aromatic N) is 3. The van der Waals surface area contributed by atoms with Crippen molar-refractivity contribution in [3.05, 3.63) is 35.6 Å². The molecule has 164 valence electrons. The van der Waals surface area contributed by atoms with Gasteiger partial charge in [-0.25, -0.2) is 32.7 Å². The van der Waals surface area contributed by atoms with E-state index in [1.54, 1.807) is 26.8 Å². The summed E-state index contributed by atoms with van der Waals surface area (Å²) in [6, 6.07) is 5.68. The van der Waals surface area contributed by atoms with Crippen LogP contribution in [-0.2, 0) is 25.1 Å². The minimum atomic E-state index is -4.20. The van der Waals surface area contributed by atoms with E-state index in [4.69, 9.17) is 10.6 Å². The maximum Gasteiger partial charge on any atom is 0.431 e. The maximum absolute atomic E-state index is 14.8. The predicted molar refractivity (Wildman–Crippen MR) is 107 cm³/mol. The standard InChI is InChI=1S/C19H25FN4O5S/c1-18(2,3)29-17(26)24(21)16-22-19(13-7-5-6-8-14(13)20)10-9-12(25)11-15(19)30(27,28)23(16)4/h5-8,15H,9-11,21H2,1-4H3. The van der Waals surface area contributed by atoms with Gasteiger partial charge in [-0.15, -0.1) is 0 Å². The van der Waals surface area contributed by atoms with Crippen LogP contribution in [0.5, 0.6) is 0 Å². The number of sulfonamides is 1. The first-order chi connectivity index (χ1) is 13.8. The molecule has 2 aliphatic rings. The molecule has 0 radical (unpaired) electrons. The van der Waals surface area contributed by atoms with E-state index in [0.717, 1.165) is 4.31 Å². The summed E-state index contributed by atoms with van der Waals surface area (Å²) in [5.41, 5.74) is -2.45. The number of ketones is 1. The van der Waals surface area contributed by atoms with Crippen LogP contribution in [0.2, 0.25) is 0 Å². The number of carbonyl (C=O) groups is 2. The summed E-state index contributed by atoms with van der Waals surface area (Å²) in [4.78, 5) is 29.1. The SMILES string of the molecule is CN1C(N(N)C(=O)OC(C)(C)C)=NC2(c3ccccc3F)CCC(=O)CC2S1(=O)=O. The van der Waals surface area contributed by atoms with Crippen LogP contribution in [0.25, 0.3) is 0 Å². The number of aliphatic imine (C=N–C) groups is 1. The molecule has 1 aliphatic heterocycles. The number of nitrogens with two attached hydrogens (primary N) is 1. The topological polar surface area (TPSA) is 122 Å². The summed E-state index contributed by atoms with van der Waals surface area (Å²) < 4.78 is 47.4. The van der Waals surface area contributed by atoms with Crippen LogP contribution in [0.3, 0.4) is 0 Å². The third-order valence-corrected chi connectivity index (χ3v) is 7.40. The summed E-state index contributed by atoms with van der Waals surface area (Å²) >= 11 is 0. The lowest BCUT2D eigenvalue weighted by Crippen LogP contribution is -2.63. The van der Waals surface area contributed by atoms with Crippen molar-refractivity contribution < 1.29 is 27.1 Å². The number of hydrazine groups is 1. The fourth-order valence-corrected chi connectivity index (χ4v) is 5.71. The highest BCUT2D eigenvalue weighted by atomic mass is 32.2. The van der Waals surface area contributed by atoms with Crippen molar-refractivity contribution in [2.75, 3.05) is 7.05 Å². The minimum absolute atomic E-state index is 0.0257. The van der Waals surface area contributed by atoms with Gasteiger partial charge in [0, 0.05) is 25.5 Å². The predicted octanol–water partition coefficient (Wildman–Crippen LogP) is 1.88. The molecule has 2 unspecified atom stereocenters. The van der Waals surface area contributed by atoms with Gasteiger partial charge >= 0.3 is 6.09 Å². The van der Waals surface area contributed by atoms with Gasteiger partial charge in [-0.1, -0.05) is 18.2 Å². The lowest BCUT2D eigenvalue weighted by atomic mass is 9.75. The van der Waals surface area contributed by atoms with E-state index < -0.39 is 44.3 Å². The number of halogens is 1. The Morgan fingerprint density at radius 2 is 2.00 bits per heavy atom. The fraction of sp³-hybridized carbons (Fsp3) is 0.526. The van der Waals surface area contributed by atoms with Gasteiger partial charge < -0.3 is 4.74 Å². The van der Waals surface area contributed by atoms with Gasteiger partial charge in [0.05, 0.1) is 0 Å². The van der Waals surface area contributed by atoms with E-state index in [0.29, 0.717) is 5.01 Å². The Hall–Kier alpha value is -2.53. The molecular formula is C19H25FN4O5S. The molecule has 9 nitrogen and oxygen atoms in total. The molecule has 1 amide bonds. The van der Waals surface area contributed by atoms with Crippen LogP contribution in [0.15, 0.2) is 29.3 Å². The number of amides is 1. The second kappa shape index (κ2) is 7.31. The smallest absolute Gasteiger partial charge is 0.431 e. The van der Waals surface area contributed by atoms with Crippen molar-refractivity contribution in [3.8, 4) is 0 Å². The lowest BCUT2D eigenvalue weighted by Gasteiger charge is -2.47. The molecule has 0 bridgehead atoms. The highest BCUT2D eigenvalue weighted by Gasteiger charge is 2.58. The number of rotatable bonds is 1. The van der Waals surface area contributed by atoms with Crippen LogP contribution in [0.1, 0.15) is 45.6 Å². The molecule has 3 rings (SSSR count). The van der Waals surface area contributed by atoms with Gasteiger partial charge in [-0.2, -0.15) is 5.01 Å². The van der Waals surface area contributed by atoms with Gasteiger partial charge in [0.2, 0.25) is 16.0 Å². The fourth-order valence-electron chi connectivity index (χ4n) is 3.78. The van der Waals surface area contributed by atoms with E-state index in [2.05, 4.69) is 4.99 Å². The maximum atomic E-state index is 14.8. The largest absolute Gasteiger partial charge is 0.442 e. The third-order valence-electron chi connectivity index (χ3n) is 5.20. The van der Waals surface area contributed by atoms with Crippen molar-refractivity contribution in [3.63, 3.8) is 0 Å². The van der Waals surface area contributed by atoms with Crippen LogP contribution in [-0.4, -0.2) is 53.5 Å². The molecule has 1 aliphatic carbocycles. The van der Waals surface area contributed by atoms with E-state index in [1.807, 2.05) is 0 Å². The Morgan fingerprint density at radius 1 is 1.37 bits per heavy atom. The van der Waals surface area contributed by atoms with Crippen LogP contribution in [0.4, 0.5) is 9.18 Å². The van der Waals surface area contributed by atoms with Gasteiger partial charge in [-0.05, 0) is 33.3 Å². The molecule has 30 heavy (non-hydrogen) atoms. The monoisotopic (exact) mass is 440 g/mol. The molecule has 0 aromatic heterocycles. The normalized spacial score (nSPS) is 25.9. The van der Waals surface area contributed by atoms with E-state index in [-0.39, 0.29) is 30.6 Å². The Kier molecular flexibility index (Phi) is 5.40. The van der Waals surface area contributed by atoms with Crippen LogP contribution in [0, 0.1) is 5.82 Å². The number of fused-ring (bicyclic) bond motifs is 1. The summed E-state index contributed by atoms with van der Waals surface area (Å²) in [5, 5.41) is -0.818. The van der Waals surface area contributed by atoms with Crippen molar-refractivity contribution in [1.82, 2.24) is 9.31 Å². The van der Waals surface area contributed by atoms with Crippen molar-refractivity contribution in [2.45, 2.75) is 56.4 Å². The van der Waals surface area contributed by atoms with Crippen molar-refractivity contribution in [2.24, 2.45) is 10.8 Å². The van der Waals surface area contributed by atoms with Crippen LogP contribution < -0.4 is 5.84 Å². The highest BCUT2D eigenvalue weighted by molar-refractivity contribution is 7.90. The Labute approximate surface area is 174 Å². The first-order valence-corrected chi connectivity index (χ1v) is 10.9. The highest BCUT2D eigenvalue weighted by Crippen LogP contribution is 2.47. The summed E-state index contributed by atoms with van der Waals surface area (Å²) in [5.74, 6) is 4.59. The Morgan fingerprint density at radius 3 is 2.60 bits per heavy atom. The second-order valence-corrected chi connectivity index (χ2v) is 10.6. The summed E-state index contributed by atoms with van der Waals surface area (Å²) in [6.07, 6.45) is -1.33. The van der Waals surface area contributed by atoms with E-state index >= 15 is 0 Å². The molecule has 0 saturated heterocycles. The van der Waals surface area contributed by atoms with Gasteiger partial charge in [-0.3, -0.25) is 4.79 Å². The zero-order chi connectivity index (χ0) is 22.5. The third kappa shape index (κ3) is 3.67. The van der Waals surface area contributed by atoms with E-state index in [9.17, 15) is 22.4 Å². The number of benzene rings is 1. The molecule has 2 N–H and O–H groups in total. The minimum Gasteiger partial charge on any atom is -0.442 e. The van der Waals surface area contributed by atoms with E-state index in [1.165, 1.54) is 25.2 Å². The zero-order valence-corrected chi connectivity index (χ0v) is 18.1. The number of ether oxygens (including phenoxy) is 1. The molecular weight excluding hydrogens is 415 g/mol. The number of carbonyl (C=O) groups excluding carboxylic acids is 2. The molecule has 11 heteroatoms. The van der Waals surface area contributed by atoms with Gasteiger partial charge in [0.15, 0.2) is 0 Å². The van der Waals surface area contributed by atoms with Gasteiger partial charge in [0.25, 0.3) is 0 Å².